The Morgan fingerprint density at radius 1 is 1.04 bits per heavy atom. The van der Waals surface area contributed by atoms with Crippen LogP contribution in [0.25, 0.3) is 0 Å². The van der Waals surface area contributed by atoms with Gasteiger partial charge in [0.25, 0.3) is 0 Å². The first-order chi connectivity index (χ1) is 12.1. The summed E-state index contributed by atoms with van der Waals surface area (Å²) >= 11 is 1.12. The van der Waals surface area contributed by atoms with Gasteiger partial charge in [0.1, 0.15) is 11.5 Å². The minimum absolute atomic E-state index is 0.0330. The van der Waals surface area contributed by atoms with Crippen LogP contribution in [0.15, 0.2) is 30.3 Å². The Labute approximate surface area is 157 Å². The topological polar surface area (TPSA) is 63.6 Å². The summed E-state index contributed by atoms with van der Waals surface area (Å²) in [6.45, 7) is 9.01. The van der Waals surface area contributed by atoms with Gasteiger partial charge >= 0.3 is 11.9 Å². The fraction of sp³-hybridized carbons (Fsp3) is 0.429. The van der Waals surface area contributed by atoms with E-state index in [1.165, 1.54) is 17.2 Å². The van der Waals surface area contributed by atoms with Gasteiger partial charge < -0.3 is 9.84 Å². The average Bonchev–Trinajstić information content (AvgIpc) is 3.06. The number of esters is 1. The highest BCUT2D eigenvalue weighted by molar-refractivity contribution is 7.13. The van der Waals surface area contributed by atoms with Crippen molar-refractivity contribution in [3.63, 3.8) is 0 Å². The van der Waals surface area contributed by atoms with Crippen molar-refractivity contribution in [2.24, 2.45) is 0 Å². The number of thiophene rings is 1. The molecular formula is C21H24O4S. The summed E-state index contributed by atoms with van der Waals surface area (Å²) < 4.78 is 5.40. The van der Waals surface area contributed by atoms with Crippen molar-refractivity contribution in [1.82, 2.24) is 0 Å². The number of rotatable bonds is 4. The molecule has 1 N–H and O–H groups in total. The zero-order chi connectivity index (χ0) is 19.1. The molecule has 0 amide bonds. The second kappa shape index (κ2) is 6.54. The maximum Gasteiger partial charge on any atom is 0.345 e. The van der Waals surface area contributed by atoms with Crippen LogP contribution >= 0.6 is 11.3 Å². The molecule has 26 heavy (non-hydrogen) atoms. The van der Waals surface area contributed by atoms with Crippen LogP contribution in [0.3, 0.4) is 0 Å². The predicted octanol–water partition coefficient (Wildman–Crippen LogP) is 5.15. The van der Waals surface area contributed by atoms with Crippen molar-refractivity contribution in [1.29, 1.82) is 0 Å². The van der Waals surface area contributed by atoms with Gasteiger partial charge in [0.05, 0.1) is 5.56 Å². The first kappa shape index (κ1) is 18.6. The van der Waals surface area contributed by atoms with Gasteiger partial charge in [-0.25, -0.2) is 9.59 Å². The molecule has 0 aliphatic heterocycles. The fourth-order valence-corrected chi connectivity index (χ4v) is 4.27. The number of carboxylic acids is 1. The van der Waals surface area contributed by atoms with Crippen LogP contribution in [-0.4, -0.2) is 17.0 Å². The van der Waals surface area contributed by atoms with E-state index in [1.807, 2.05) is 12.1 Å². The molecule has 1 aliphatic carbocycles. The highest BCUT2D eigenvalue weighted by Crippen LogP contribution is 2.45. The van der Waals surface area contributed by atoms with Crippen LogP contribution in [0, 0.1) is 0 Å². The van der Waals surface area contributed by atoms with Gasteiger partial charge in [-0.3, -0.25) is 0 Å². The van der Waals surface area contributed by atoms with Crippen LogP contribution < -0.4 is 0 Å². The van der Waals surface area contributed by atoms with Crippen molar-refractivity contribution in [3.05, 3.63) is 56.8 Å². The number of aromatic carboxylic acids is 1. The van der Waals surface area contributed by atoms with Gasteiger partial charge in [0, 0.05) is 4.88 Å². The number of carbonyl (C=O) groups is 2. The molecule has 0 atom stereocenters. The number of hydrogen-bond acceptors (Lipinski definition) is 4. The fourth-order valence-electron chi connectivity index (χ4n) is 3.51. The van der Waals surface area contributed by atoms with Gasteiger partial charge in [-0.2, -0.15) is 0 Å². The van der Waals surface area contributed by atoms with E-state index in [1.54, 1.807) is 6.07 Å². The predicted molar refractivity (Wildman–Crippen MR) is 102 cm³/mol. The van der Waals surface area contributed by atoms with E-state index in [9.17, 15) is 9.59 Å². The van der Waals surface area contributed by atoms with E-state index in [-0.39, 0.29) is 28.3 Å². The van der Waals surface area contributed by atoms with Crippen LogP contribution in [0.2, 0.25) is 0 Å². The monoisotopic (exact) mass is 372 g/mol. The lowest BCUT2D eigenvalue weighted by atomic mass is 9.63. The van der Waals surface area contributed by atoms with E-state index in [4.69, 9.17) is 9.84 Å². The SMILES string of the molecule is CC1(C)CCC(C)(C)c2cc(C(=O)OCc3ccc(C(=O)O)s3)ccc21. The Morgan fingerprint density at radius 3 is 2.31 bits per heavy atom. The Kier molecular flexibility index (Phi) is 4.69. The van der Waals surface area contributed by atoms with E-state index >= 15 is 0 Å². The second-order valence-electron chi connectivity index (χ2n) is 8.18. The van der Waals surface area contributed by atoms with E-state index < -0.39 is 5.97 Å². The second-order valence-corrected chi connectivity index (χ2v) is 9.34. The molecule has 3 rings (SSSR count). The first-order valence-electron chi connectivity index (χ1n) is 8.74. The summed E-state index contributed by atoms with van der Waals surface area (Å²) in [6.07, 6.45) is 2.21. The van der Waals surface area contributed by atoms with Gasteiger partial charge in [-0.15, -0.1) is 11.3 Å². The molecular weight excluding hydrogens is 348 g/mol. The number of carboxylic acid groups (broad SMARTS) is 1. The van der Waals surface area contributed by atoms with Gasteiger partial charge in [0.15, 0.2) is 0 Å². The summed E-state index contributed by atoms with van der Waals surface area (Å²) in [4.78, 5) is 24.4. The summed E-state index contributed by atoms with van der Waals surface area (Å²) in [5.41, 5.74) is 3.20. The van der Waals surface area contributed by atoms with Crippen molar-refractivity contribution >= 4 is 23.3 Å². The summed E-state index contributed by atoms with van der Waals surface area (Å²) in [5.74, 6) is -1.34. The number of carbonyl (C=O) groups excluding carboxylic acids is 1. The summed E-state index contributed by atoms with van der Waals surface area (Å²) in [5, 5.41) is 8.96. The Balaban J connectivity index is 1.79. The standard InChI is InChI=1S/C21H24O4S/c1-20(2)9-10-21(3,4)16-11-13(5-7-15(16)20)19(24)25-12-14-6-8-17(26-14)18(22)23/h5-8,11H,9-10,12H2,1-4H3,(H,22,23). The van der Waals surface area contributed by atoms with Gasteiger partial charge in [0.2, 0.25) is 0 Å². The van der Waals surface area contributed by atoms with Crippen molar-refractivity contribution in [2.45, 2.75) is 58.0 Å². The van der Waals surface area contributed by atoms with Crippen molar-refractivity contribution in [2.75, 3.05) is 0 Å². The number of hydrogen-bond donors (Lipinski definition) is 1. The molecule has 2 aromatic rings. The molecule has 1 heterocycles. The summed E-state index contributed by atoms with van der Waals surface area (Å²) in [7, 11) is 0. The lowest BCUT2D eigenvalue weighted by Crippen LogP contribution is -2.34. The highest BCUT2D eigenvalue weighted by Gasteiger charge is 2.37. The molecule has 0 radical (unpaired) electrons. The lowest BCUT2D eigenvalue weighted by molar-refractivity contribution is 0.0476. The minimum atomic E-state index is -0.966. The maximum absolute atomic E-state index is 12.5. The van der Waals surface area contributed by atoms with Gasteiger partial charge in [-0.05, 0) is 59.1 Å². The smallest absolute Gasteiger partial charge is 0.345 e. The molecule has 0 saturated carbocycles. The number of benzene rings is 1. The van der Waals surface area contributed by atoms with E-state index in [0.29, 0.717) is 5.56 Å². The minimum Gasteiger partial charge on any atom is -0.477 e. The Morgan fingerprint density at radius 2 is 1.69 bits per heavy atom. The third-order valence-corrected chi connectivity index (χ3v) is 6.35. The van der Waals surface area contributed by atoms with Crippen molar-refractivity contribution in [3.8, 4) is 0 Å². The summed E-state index contributed by atoms with van der Waals surface area (Å²) in [6, 6.07) is 9.07. The lowest BCUT2D eigenvalue weighted by Gasteiger charge is -2.41. The Hall–Kier alpha value is -2.14. The van der Waals surface area contributed by atoms with E-state index in [0.717, 1.165) is 29.1 Å². The van der Waals surface area contributed by atoms with Crippen LogP contribution in [-0.2, 0) is 22.2 Å². The molecule has 138 valence electrons. The normalized spacial score (nSPS) is 17.4. The molecule has 0 saturated heterocycles. The quantitative estimate of drug-likeness (QED) is 0.754. The zero-order valence-corrected chi connectivity index (χ0v) is 16.4. The molecule has 0 bridgehead atoms. The first-order valence-corrected chi connectivity index (χ1v) is 9.56. The molecule has 1 aromatic carbocycles. The number of fused-ring (bicyclic) bond motifs is 1. The molecule has 1 aromatic heterocycles. The molecule has 4 nitrogen and oxygen atoms in total. The molecule has 0 fully saturated rings. The Bertz CT molecular complexity index is 861. The molecule has 0 spiro atoms. The zero-order valence-electron chi connectivity index (χ0n) is 15.6. The number of ether oxygens (including phenoxy) is 1. The largest absolute Gasteiger partial charge is 0.477 e. The third kappa shape index (κ3) is 3.54. The van der Waals surface area contributed by atoms with Crippen LogP contribution in [0.5, 0.6) is 0 Å². The van der Waals surface area contributed by atoms with Crippen molar-refractivity contribution < 1.29 is 19.4 Å². The van der Waals surface area contributed by atoms with E-state index in [2.05, 4.69) is 33.8 Å². The highest BCUT2D eigenvalue weighted by atomic mass is 32.1. The maximum atomic E-state index is 12.5. The third-order valence-electron chi connectivity index (χ3n) is 5.31. The van der Waals surface area contributed by atoms with Gasteiger partial charge in [-0.1, -0.05) is 33.8 Å². The molecule has 5 heteroatoms. The molecule has 1 aliphatic rings. The molecule has 0 unspecified atom stereocenters. The van der Waals surface area contributed by atoms with Crippen LogP contribution in [0.1, 0.15) is 76.6 Å². The van der Waals surface area contributed by atoms with Crippen LogP contribution in [0.4, 0.5) is 0 Å². The average molecular weight is 372 g/mol.